The van der Waals surface area contributed by atoms with Gasteiger partial charge in [-0.2, -0.15) is 0 Å². The number of amides is 1. The fourth-order valence-corrected chi connectivity index (χ4v) is 2.25. The Bertz CT molecular complexity index is 481. The maximum absolute atomic E-state index is 12.2. The van der Waals surface area contributed by atoms with Crippen LogP contribution in [0.2, 0.25) is 0 Å². The van der Waals surface area contributed by atoms with Crippen molar-refractivity contribution in [3.05, 3.63) is 23.8 Å². The fraction of sp³-hybridized carbons (Fsp3) is 0.588. The van der Waals surface area contributed by atoms with Gasteiger partial charge in [-0.25, -0.2) is 0 Å². The molecule has 0 radical (unpaired) electrons. The highest BCUT2D eigenvalue weighted by molar-refractivity contribution is 5.94. The summed E-state index contributed by atoms with van der Waals surface area (Å²) in [6, 6.07) is 5.28. The maximum atomic E-state index is 12.2. The summed E-state index contributed by atoms with van der Waals surface area (Å²) < 4.78 is 11.1. The Labute approximate surface area is 145 Å². The van der Waals surface area contributed by atoms with Gasteiger partial charge >= 0.3 is 0 Å². The molecule has 0 aliphatic rings. The normalized spacial score (nSPS) is 11.6. The SMILES string of the molecule is CCOc1ccc(C(=O)NCC(C)CN(C)C)cc1OCC.Cl. The molecule has 0 saturated heterocycles. The van der Waals surface area contributed by atoms with Crippen LogP contribution in [0.1, 0.15) is 31.1 Å². The molecule has 1 aromatic rings. The molecule has 1 atom stereocenters. The standard InChI is InChI=1S/C17H28N2O3.ClH/c1-6-21-15-9-8-14(10-16(15)22-7-2)17(20)18-11-13(3)12-19(4)5;/h8-10,13H,6-7,11-12H2,1-5H3,(H,18,20);1H. The second-order valence-electron chi connectivity index (χ2n) is 5.60. The Hall–Kier alpha value is -1.46. The van der Waals surface area contributed by atoms with E-state index in [1.165, 1.54) is 0 Å². The van der Waals surface area contributed by atoms with Gasteiger partial charge < -0.3 is 19.7 Å². The van der Waals surface area contributed by atoms with Crippen molar-refractivity contribution in [3.8, 4) is 11.5 Å². The molecule has 0 heterocycles. The Morgan fingerprint density at radius 3 is 2.35 bits per heavy atom. The Morgan fingerprint density at radius 1 is 1.17 bits per heavy atom. The van der Waals surface area contributed by atoms with E-state index in [0.29, 0.717) is 42.7 Å². The minimum atomic E-state index is -0.0883. The van der Waals surface area contributed by atoms with Crippen LogP contribution in [-0.4, -0.2) is 51.2 Å². The van der Waals surface area contributed by atoms with E-state index in [2.05, 4.69) is 17.1 Å². The predicted octanol–water partition coefficient (Wildman–Crippen LogP) is 2.83. The van der Waals surface area contributed by atoms with Crippen LogP contribution in [0.3, 0.4) is 0 Å². The highest BCUT2D eigenvalue weighted by Gasteiger charge is 2.12. The van der Waals surface area contributed by atoms with E-state index >= 15 is 0 Å². The number of hydrogen-bond donors (Lipinski definition) is 1. The Balaban J connectivity index is 0.00000484. The highest BCUT2D eigenvalue weighted by atomic mass is 35.5. The molecule has 0 saturated carbocycles. The van der Waals surface area contributed by atoms with Gasteiger partial charge in [0.1, 0.15) is 0 Å². The van der Waals surface area contributed by atoms with E-state index in [-0.39, 0.29) is 18.3 Å². The lowest BCUT2D eigenvalue weighted by Crippen LogP contribution is -2.32. The smallest absolute Gasteiger partial charge is 0.251 e. The second-order valence-corrected chi connectivity index (χ2v) is 5.60. The lowest BCUT2D eigenvalue weighted by Gasteiger charge is -2.17. The number of ether oxygens (including phenoxy) is 2. The summed E-state index contributed by atoms with van der Waals surface area (Å²) in [5.41, 5.74) is 0.587. The van der Waals surface area contributed by atoms with E-state index in [0.717, 1.165) is 6.54 Å². The molecule has 0 aliphatic heterocycles. The van der Waals surface area contributed by atoms with Crippen molar-refractivity contribution in [3.63, 3.8) is 0 Å². The van der Waals surface area contributed by atoms with Crippen molar-refractivity contribution >= 4 is 18.3 Å². The average Bonchev–Trinajstić information content (AvgIpc) is 2.46. The number of rotatable bonds is 9. The third-order valence-corrected chi connectivity index (χ3v) is 3.09. The zero-order chi connectivity index (χ0) is 16.5. The summed E-state index contributed by atoms with van der Waals surface area (Å²) >= 11 is 0. The summed E-state index contributed by atoms with van der Waals surface area (Å²) in [5, 5.41) is 2.96. The van der Waals surface area contributed by atoms with Gasteiger partial charge in [-0.1, -0.05) is 6.92 Å². The van der Waals surface area contributed by atoms with Crippen LogP contribution >= 0.6 is 12.4 Å². The van der Waals surface area contributed by atoms with Crippen LogP contribution < -0.4 is 14.8 Å². The number of nitrogens with one attached hydrogen (secondary N) is 1. The molecule has 0 bridgehead atoms. The van der Waals surface area contributed by atoms with E-state index in [1.54, 1.807) is 18.2 Å². The van der Waals surface area contributed by atoms with Gasteiger partial charge in [-0.05, 0) is 52.1 Å². The topological polar surface area (TPSA) is 50.8 Å². The molecular formula is C17H29ClN2O3. The molecule has 1 rings (SSSR count). The van der Waals surface area contributed by atoms with Gasteiger partial charge in [0.2, 0.25) is 0 Å². The van der Waals surface area contributed by atoms with Gasteiger partial charge in [-0.15, -0.1) is 12.4 Å². The molecular weight excluding hydrogens is 316 g/mol. The van der Waals surface area contributed by atoms with Crippen LogP contribution in [0.15, 0.2) is 18.2 Å². The maximum Gasteiger partial charge on any atom is 0.251 e. The summed E-state index contributed by atoms with van der Waals surface area (Å²) in [6.45, 7) is 8.62. The molecule has 1 N–H and O–H groups in total. The molecule has 1 amide bonds. The molecule has 1 unspecified atom stereocenters. The number of benzene rings is 1. The van der Waals surface area contributed by atoms with E-state index in [9.17, 15) is 4.79 Å². The molecule has 0 spiro atoms. The van der Waals surface area contributed by atoms with Crippen molar-refractivity contribution in [1.82, 2.24) is 10.2 Å². The van der Waals surface area contributed by atoms with Crippen LogP contribution in [-0.2, 0) is 0 Å². The first-order chi connectivity index (χ1) is 10.5. The number of halogens is 1. The first-order valence-electron chi connectivity index (χ1n) is 7.80. The van der Waals surface area contributed by atoms with Crippen molar-refractivity contribution < 1.29 is 14.3 Å². The molecule has 5 nitrogen and oxygen atoms in total. The number of carbonyl (C=O) groups excluding carboxylic acids is 1. The lowest BCUT2D eigenvalue weighted by atomic mass is 10.1. The zero-order valence-electron chi connectivity index (χ0n) is 14.7. The Morgan fingerprint density at radius 2 is 1.78 bits per heavy atom. The van der Waals surface area contributed by atoms with Gasteiger partial charge in [-0.3, -0.25) is 4.79 Å². The van der Waals surface area contributed by atoms with Gasteiger partial charge in [0.15, 0.2) is 11.5 Å². The third kappa shape index (κ3) is 7.57. The van der Waals surface area contributed by atoms with Crippen LogP contribution in [0, 0.1) is 5.92 Å². The van der Waals surface area contributed by atoms with E-state index < -0.39 is 0 Å². The zero-order valence-corrected chi connectivity index (χ0v) is 15.5. The molecule has 0 aromatic heterocycles. The molecule has 1 aromatic carbocycles. The van der Waals surface area contributed by atoms with E-state index in [1.807, 2.05) is 27.9 Å². The van der Waals surface area contributed by atoms with Crippen molar-refractivity contribution in [1.29, 1.82) is 0 Å². The third-order valence-electron chi connectivity index (χ3n) is 3.09. The molecule has 132 valence electrons. The summed E-state index contributed by atoms with van der Waals surface area (Å²) in [6.07, 6.45) is 0. The summed E-state index contributed by atoms with van der Waals surface area (Å²) in [4.78, 5) is 14.4. The minimum absolute atomic E-state index is 0. The molecule has 0 fully saturated rings. The highest BCUT2D eigenvalue weighted by Crippen LogP contribution is 2.28. The number of hydrogen-bond acceptors (Lipinski definition) is 4. The van der Waals surface area contributed by atoms with Gasteiger partial charge in [0, 0.05) is 18.7 Å². The van der Waals surface area contributed by atoms with Crippen molar-refractivity contribution in [2.75, 3.05) is 40.4 Å². The molecule has 0 aliphatic carbocycles. The van der Waals surface area contributed by atoms with Crippen LogP contribution in [0.25, 0.3) is 0 Å². The number of nitrogens with zero attached hydrogens (tertiary/aromatic N) is 1. The monoisotopic (exact) mass is 344 g/mol. The van der Waals surface area contributed by atoms with E-state index in [4.69, 9.17) is 9.47 Å². The first kappa shape index (κ1) is 21.5. The average molecular weight is 345 g/mol. The van der Waals surface area contributed by atoms with Crippen molar-refractivity contribution in [2.45, 2.75) is 20.8 Å². The summed E-state index contributed by atoms with van der Waals surface area (Å²) in [5.74, 6) is 1.59. The van der Waals surface area contributed by atoms with Gasteiger partial charge in [0.25, 0.3) is 5.91 Å². The Kier molecular flexibility index (Phi) is 10.4. The van der Waals surface area contributed by atoms with Crippen molar-refractivity contribution in [2.24, 2.45) is 5.92 Å². The van der Waals surface area contributed by atoms with Gasteiger partial charge in [0.05, 0.1) is 13.2 Å². The predicted molar refractivity (Wildman–Crippen MR) is 96.1 cm³/mol. The quantitative estimate of drug-likeness (QED) is 0.748. The minimum Gasteiger partial charge on any atom is -0.490 e. The largest absolute Gasteiger partial charge is 0.490 e. The number of carbonyl (C=O) groups is 1. The fourth-order valence-electron chi connectivity index (χ4n) is 2.25. The second kappa shape index (κ2) is 11.1. The summed E-state index contributed by atoms with van der Waals surface area (Å²) in [7, 11) is 4.05. The van der Waals surface area contributed by atoms with Crippen LogP contribution in [0.5, 0.6) is 11.5 Å². The molecule has 23 heavy (non-hydrogen) atoms. The lowest BCUT2D eigenvalue weighted by molar-refractivity contribution is 0.0945. The molecule has 6 heteroatoms. The van der Waals surface area contributed by atoms with Crippen LogP contribution in [0.4, 0.5) is 0 Å². The first-order valence-corrected chi connectivity index (χ1v) is 7.80.